The van der Waals surface area contributed by atoms with Crippen LogP contribution in [0.5, 0.6) is 0 Å². The van der Waals surface area contributed by atoms with Crippen LogP contribution < -0.4 is 5.32 Å². The number of benzene rings is 1. The van der Waals surface area contributed by atoms with E-state index in [1.165, 1.54) is 11.1 Å². The molecule has 1 aromatic carbocycles. The summed E-state index contributed by atoms with van der Waals surface area (Å²) in [6.45, 7) is 11.2. The monoisotopic (exact) mass is 416 g/mol. The molecule has 0 saturated carbocycles. The van der Waals surface area contributed by atoms with Crippen LogP contribution in [-0.2, 0) is 27.4 Å². The lowest BCUT2D eigenvalue weighted by Gasteiger charge is -2.37. The molecule has 7 nitrogen and oxygen atoms in total. The molecule has 0 radical (unpaired) electrons. The maximum absolute atomic E-state index is 12.5. The zero-order valence-corrected chi connectivity index (χ0v) is 18.8. The van der Waals surface area contributed by atoms with E-state index >= 15 is 0 Å². The third-order valence-corrected chi connectivity index (χ3v) is 5.42. The Morgan fingerprint density at radius 2 is 1.90 bits per heavy atom. The minimum absolute atomic E-state index is 0.143. The van der Waals surface area contributed by atoms with Gasteiger partial charge in [-0.25, -0.2) is 0 Å². The summed E-state index contributed by atoms with van der Waals surface area (Å²) in [7, 11) is 1.81. The van der Waals surface area contributed by atoms with Gasteiger partial charge in [0.1, 0.15) is 6.10 Å². The van der Waals surface area contributed by atoms with Gasteiger partial charge in [-0.15, -0.1) is 0 Å². The minimum atomic E-state index is -0.233. The van der Waals surface area contributed by atoms with Crippen LogP contribution in [0.3, 0.4) is 0 Å². The molecule has 1 unspecified atom stereocenters. The summed E-state index contributed by atoms with van der Waals surface area (Å²) in [5.74, 6) is 1.01. The molecule has 1 aromatic rings. The van der Waals surface area contributed by atoms with Gasteiger partial charge in [-0.3, -0.25) is 9.79 Å². The van der Waals surface area contributed by atoms with Gasteiger partial charge >= 0.3 is 0 Å². The summed E-state index contributed by atoms with van der Waals surface area (Å²) in [5.41, 5.74) is 2.21. The van der Waals surface area contributed by atoms with Crippen molar-refractivity contribution in [1.29, 1.82) is 0 Å². The quantitative estimate of drug-likeness (QED) is 0.590. The third-order valence-electron chi connectivity index (χ3n) is 5.42. The molecule has 1 N–H and O–H groups in total. The predicted molar refractivity (Wildman–Crippen MR) is 118 cm³/mol. The van der Waals surface area contributed by atoms with Crippen LogP contribution in [0.1, 0.15) is 44.7 Å². The minimum Gasteiger partial charge on any atom is -0.371 e. The summed E-state index contributed by atoms with van der Waals surface area (Å²) >= 11 is 0. The number of hydrogen-bond donors (Lipinski definition) is 1. The Balaban J connectivity index is 1.48. The van der Waals surface area contributed by atoms with Gasteiger partial charge in [0.2, 0.25) is 0 Å². The summed E-state index contributed by atoms with van der Waals surface area (Å²) in [6, 6.07) is 8.44. The lowest BCUT2D eigenvalue weighted by molar-refractivity contribution is -0.142. The first-order valence-corrected chi connectivity index (χ1v) is 10.9. The smallest absolute Gasteiger partial charge is 0.251 e. The van der Waals surface area contributed by atoms with Gasteiger partial charge in [0, 0.05) is 46.4 Å². The van der Waals surface area contributed by atoms with Gasteiger partial charge in [-0.05, 0) is 44.7 Å². The number of piperazine rings is 1. The Morgan fingerprint density at radius 1 is 1.20 bits per heavy atom. The average Bonchev–Trinajstić information content (AvgIpc) is 3.27. The molecular weight excluding hydrogens is 380 g/mol. The Bertz CT molecular complexity index is 730. The first-order chi connectivity index (χ1) is 14.4. The van der Waals surface area contributed by atoms with E-state index in [0.29, 0.717) is 32.8 Å². The molecule has 2 aliphatic heterocycles. The van der Waals surface area contributed by atoms with Crippen LogP contribution >= 0.6 is 0 Å². The first-order valence-electron chi connectivity index (χ1n) is 10.9. The summed E-state index contributed by atoms with van der Waals surface area (Å²) in [5, 5.41) is 3.46. The van der Waals surface area contributed by atoms with Crippen molar-refractivity contribution in [2.24, 2.45) is 4.99 Å². The molecule has 2 saturated heterocycles. The number of guanidine groups is 1. The SMILES string of the molecule is CN=C(NCc1cccc(COC(C)(C)C)c1)N1CCN(C(=O)C2CCCO2)CC1. The van der Waals surface area contributed by atoms with Gasteiger partial charge in [0.25, 0.3) is 5.91 Å². The number of aliphatic imine (C=N–C) groups is 1. The number of nitrogens with one attached hydrogen (secondary N) is 1. The van der Waals surface area contributed by atoms with E-state index in [2.05, 4.69) is 60.2 Å². The summed E-state index contributed by atoms with van der Waals surface area (Å²) < 4.78 is 11.4. The highest BCUT2D eigenvalue weighted by atomic mass is 16.5. The number of nitrogens with zero attached hydrogens (tertiary/aromatic N) is 3. The van der Waals surface area contributed by atoms with Crippen molar-refractivity contribution in [2.45, 2.75) is 58.5 Å². The van der Waals surface area contributed by atoms with E-state index in [0.717, 1.165) is 31.9 Å². The lowest BCUT2D eigenvalue weighted by Crippen LogP contribution is -2.55. The van der Waals surface area contributed by atoms with Gasteiger partial charge in [-0.1, -0.05) is 24.3 Å². The van der Waals surface area contributed by atoms with Crippen molar-refractivity contribution in [3.8, 4) is 0 Å². The van der Waals surface area contributed by atoms with Crippen molar-refractivity contribution in [2.75, 3.05) is 39.8 Å². The number of hydrogen-bond acceptors (Lipinski definition) is 4. The zero-order chi connectivity index (χ0) is 21.6. The molecule has 1 atom stereocenters. The molecule has 0 aliphatic carbocycles. The second kappa shape index (κ2) is 10.3. The normalized spacial score (nSPS) is 20.5. The maximum Gasteiger partial charge on any atom is 0.251 e. The van der Waals surface area contributed by atoms with E-state index in [9.17, 15) is 4.79 Å². The average molecular weight is 417 g/mol. The van der Waals surface area contributed by atoms with Gasteiger partial charge < -0.3 is 24.6 Å². The molecule has 1 amide bonds. The fraction of sp³-hybridized carbons (Fsp3) is 0.652. The topological polar surface area (TPSA) is 66.4 Å². The number of carbonyl (C=O) groups is 1. The van der Waals surface area contributed by atoms with Gasteiger partial charge in [-0.2, -0.15) is 0 Å². The molecule has 0 aromatic heterocycles. The molecule has 30 heavy (non-hydrogen) atoms. The Labute approximate surface area is 180 Å². The Hall–Kier alpha value is -2.12. The van der Waals surface area contributed by atoms with Crippen LogP contribution in [0.15, 0.2) is 29.3 Å². The lowest BCUT2D eigenvalue weighted by atomic mass is 10.1. The number of ether oxygens (including phenoxy) is 2. The largest absolute Gasteiger partial charge is 0.371 e. The van der Waals surface area contributed by atoms with Crippen LogP contribution in [0.4, 0.5) is 0 Å². The Kier molecular flexibility index (Phi) is 7.72. The standard InChI is InChI=1S/C23H36N4O3/c1-23(2,3)30-17-19-8-5-7-18(15-19)16-25-22(24-4)27-12-10-26(11-13-27)21(28)20-9-6-14-29-20/h5,7-8,15,20H,6,9-14,16-17H2,1-4H3,(H,24,25). The first kappa shape index (κ1) is 22.6. The van der Waals surface area contributed by atoms with Crippen molar-refractivity contribution < 1.29 is 14.3 Å². The third kappa shape index (κ3) is 6.44. The van der Waals surface area contributed by atoms with Crippen LogP contribution in [0, 0.1) is 0 Å². The van der Waals surface area contributed by atoms with E-state index < -0.39 is 0 Å². The number of carbonyl (C=O) groups excluding carboxylic acids is 1. The second-order valence-corrected chi connectivity index (χ2v) is 8.94. The zero-order valence-electron chi connectivity index (χ0n) is 18.8. The number of rotatable bonds is 5. The number of amides is 1. The molecule has 2 aliphatic rings. The second-order valence-electron chi connectivity index (χ2n) is 8.94. The fourth-order valence-corrected chi connectivity index (χ4v) is 3.76. The van der Waals surface area contributed by atoms with Gasteiger partial charge in [0.15, 0.2) is 5.96 Å². The molecule has 166 valence electrons. The molecule has 7 heteroatoms. The molecule has 0 spiro atoms. The molecule has 2 heterocycles. The van der Waals surface area contributed by atoms with Crippen molar-refractivity contribution in [3.63, 3.8) is 0 Å². The van der Waals surface area contributed by atoms with Crippen molar-refractivity contribution in [1.82, 2.24) is 15.1 Å². The van der Waals surface area contributed by atoms with E-state index in [1.54, 1.807) is 7.05 Å². The van der Waals surface area contributed by atoms with E-state index in [1.807, 2.05) is 4.90 Å². The van der Waals surface area contributed by atoms with Crippen LogP contribution in [0.2, 0.25) is 0 Å². The summed E-state index contributed by atoms with van der Waals surface area (Å²) in [6.07, 6.45) is 1.60. The van der Waals surface area contributed by atoms with Gasteiger partial charge in [0.05, 0.1) is 12.2 Å². The molecular formula is C23H36N4O3. The molecule has 3 rings (SSSR count). The van der Waals surface area contributed by atoms with E-state index in [-0.39, 0.29) is 17.6 Å². The highest BCUT2D eigenvalue weighted by Crippen LogP contribution is 2.16. The highest BCUT2D eigenvalue weighted by molar-refractivity contribution is 5.82. The molecule has 0 bridgehead atoms. The maximum atomic E-state index is 12.5. The molecule has 2 fully saturated rings. The predicted octanol–water partition coefficient (Wildman–Crippen LogP) is 2.40. The van der Waals surface area contributed by atoms with Crippen LogP contribution in [-0.4, -0.2) is 73.2 Å². The van der Waals surface area contributed by atoms with Crippen molar-refractivity contribution >= 4 is 11.9 Å². The summed E-state index contributed by atoms with van der Waals surface area (Å²) in [4.78, 5) is 21.1. The highest BCUT2D eigenvalue weighted by Gasteiger charge is 2.30. The fourth-order valence-electron chi connectivity index (χ4n) is 3.76. The van der Waals surface area contributed by atoms with Crippen molar-refractivity contribution in [3.05, 3.63) is 35.4 Å². The Morgan fingerprint density at radius 3 is 2.53 bits per heavy atom. The van der Waals surface area contributed by atoms with E-state index in [4.69, 9.17) is 9.47 Å². The van der Waals surface area contributed by atoms with Crippen LogP contribution in [0.25, 0.3) is 0 Å².